The van der Waals surface area contributed by atoms with Gasteiger partial charge in [0.1, 0.15) is 5.82 Å². The van der Waals surface area contributed by atoms with Crippen molar-refractivity contribution in [3.8, 4) is 0 Å². The summed E-state index contributed by atoms with van der Waals surface area (Å²) >= 11 is 5.70. The molecule has 1 aliphatic heterocycles. The molecule has 9 heteroatoms. The number of nitrogens with zero attached hydrogens (tertiary/aromatic N) is 3. The zero-order valence-electron chi connectivity index (χ0n) is 11.4. The number of aromatic nitrogens is 2. The van der Waals surface area contributed by atoms with Crippen molar-refractivity contribution in [2.75, 3.05) is 18.4 Å². The second-order valence-electron chi connectivity index (χ2n) is 4.64. The van der Waals surface area contributed by atoms with Crippen LogP contribution in [0.15, 0.2) is 6.07 Å². The summed E-state index contributed by atoms with van der Waals surface area (Å²) in [5, 5.41) is 12.0. The highest BCUT2D eigenvalue weighted by atomic mass is 35.5. The topological polar surface area (TPSA) is 95.4 Å². The third-order valence-electron chi connectivity index (χ3n) is 3.21. The molecule has 0 unspecified atom stereocenters. The Hall–Kier alpha value is -1.60. The van der Waals surface area contributed by atoms with Crippen LogP contribution in [0.1, 0.15) is 30.3 Å². The van der Waals surface area contributed by atoms with E-state index in [0.29, 0.717) is 18.9 Å². The number of carboxylic acids is 1. The van der Waals surface area contributed by atoms with E-state index in [0.717, 1.165) is 12.8 Å². The Morgan fingerprint density at radius 1 is 1.38 bits per heavy atom. The third kappa shape index (κ3) is 4.71. The van der Waals surface area contributed by atoms with Gasteiger partial charge in [-0.1, -0.05) is 0 Å². The number of anilines is 1. The van der Waals surface area contributed by atoms with Gasteiger partial charge in [0.25, 0.3) is 0 Å². The summed E-state index contributed by atoms with van der Waals surface area (Å²) in [6, 6.07) is 1.49. The van der Waals surface area contributed by atoms with Gasteiger partial charge in [0, 0.05) is 32.1 Å². The molecule has 2 N–H and O–H groups in total. The molecule has 2 rings (SSSR count). The van der Waals surface area contributed by atoms with E-state index in [1.54, 1.807) is 11.8 Å². The minimum atomic E-state index is -1.15. The van der Waals surface area contributed by atoms with Crippen LogP contribution in [0.2, 0.25) is 5.28 Å². The second kappa shape index (κ2) is 7.42. The van der Waals surface area contributed by atoms with E-state index in [9.17, 15) is 9.59 Å². The first-order chi connectivity index (χ1) is 9.45. The number of hydrogen-bond donors (Lipinski definition) is 2. The summed E-state index contributed by atoms with van der Waals surface area (Å²) in [5.41, 5.74) is -0.145. The number of amides is 1. The van der Waals surface area contributed by atoms with Crippen molar-refractivity contribution in [3.05, 3.63) is 17.0 Å². The lowest BCUT2D eigenvalue weighted by Gasteiger charge is -2.31. The summed E-state index contributed by atoms with van der Waals surface area (Å²) in [6.45, 7) is 2.91. The number of halogens is 2. The lowest BCUT2D eigenvalue weighted by molar-refractivity contribution is -0.129. The number of nitrogens with one attached hydrogen (secondary N) is 1. The van der Waals surface area contributed by atoms with Crippen molar-refractivity contribution in [2.45, 2.75) is 25.8 Å². The van der Waals surface area contributed by atoms with Gasteiger partial charge in [-0.2, -0.15) is 0 Å². The van der Waals surface area contributed by atoms with Crippen molar-refractivity contribution < 1.29 is 14.7 Å². The van der Waals surface area contributed by atoms with Crippen LogP contribution in [0, 0.1) is 0 Å². The van der Waals surface area contributed by atoms with E-state index in [4.69, 9.17) is 16.7 Å². The minimum Gasteiger partial charge on any atom is -0.477 e. The Morgan fingerprint density at radius 2 is 2.00 bits per heavy atom. The number of piperidine rings is 1. The molecule has 0 aromatic carbocycles. The summed E-state index contributed by atoms with van der Waals surface area (Å²) in [5.74, 6) is -0.686. The van der Waals surface area contributed by atoms with Gasteiger partial charge in [0.05, 0.1) is 0 Å². The number of likely N-dealkylation sites (tertiary alicyclic amines) is 1. The molecule has 1 fully saturated rings. The second-order valence-corrected chi connectivity index (χ2v) is 4.98. The molecule has 0 saturated carbocycles. The van der Waals surface area contributed by atoms with E-state index < -0.39 is 5.97 Å². The van der Waals surface area contributed by atoms with Gasteiger partial charge in [-0.15, -0.1) is 12.4 Å². The number of rotatable bonds is 3. The first-order valence-corrected chi connectivity index (χ1v) is 6.63. The molecule has 1 aromatic rings. The Labute approximate surface area is 133 Å². The van der Waals surface area contributed by atoms with Crippen molar-refractivity contribution in [1.29, 1.82) is 0 Å². The van der Waals surface area contributed by atoms with Gasteiger partial charge in [-0.3, -0.25) is 4.79 Å². The van der Waals surface area contributed by atoms with Crippen LogP contribution in [0.4, 0.5) is 5.82 Å². The summed E-state index contributed by atoms with van der Waals surface area (Å²) in [4.78, 5) is 31.5. The van der Waals surface area contributed by atoms with Gasteiger partial charge in [0.2, 0.25) is 11.2 Å². The van der Waals surface area contributed by atoms with Crippen LogP contribution >= 0.6 is 24.0 Å². The van der Waals surface area contributed by atoms with Crippen molar-refractivity contribution in [1.82, 2.24) is 14.9 Å². The largest absolute Gasteiger partial charge is 0.477 e. The van der Waals surface area contributed by atoms with Gasteiger partial charge < -0.3 is 15.3 Å². The number of aromatic carboxylic acids is 1. The summed E-state index contributed by atoms with van der Waals surface area (Å²) in [7, 11) is 0. The lowest BCUT2D eigenvalue weighted by atomic mass is 10.1. The normalized spacial score (nSPS) is 15.2. The zero-order valence-corrected chi connectivity index (χ0v) is 12.9. The van der Waals surface area contributed by atoms with E-state index >= 15 is 0 Å². The maximum atomic E-state index is 11.2. The Balaban J connectivity index is 0.00000220. The number of carbonyl (C=O) groups excluding carboxylic acids is 1. The molecule has 0 bridgehead atoms. The number of hydrogen-bond acceptors (Lipinski definition) is 5. The summed E-state index contributed by atoms with van der Waals surface area (Å²) in [6.07, 6.45) is 1.56. The van der Waals surface area contributed by atoms with Gasteiger partial charge in [-0.05, 0) is 24.4 Å². The SMILES string of the molecule is CC(=O)N1CCC(Nc2cc(C(=O)O)nc(Cl)n2)CC1.Cl. The highest BCUT2D eigenvalue weighted by Gasteiger charge is 2.21. The van der Waals surface area contributed by atoms with Crippen LogP contribution in [0.25, 0.3) is 0 Å². The average Bonchev–Trinajstić information content (AvgIpc) is 2.38. The van der Waals surface area contributed by atoms with Crippen LogP contribution in [0.5, 0.6) is 0 Å². The molecule has 0 radical (unpaired) electrons. The molecule has 1 aromatic heterocycles. The van der Waals surface area contributed by atoms with Gasteiger partial charge in [0.15, 0.2) is 5.69 Å². The quantitative estimate of drug-likeness (QED) is 0.816. The van der Waals surface area contributed by atoms with Crippen LogP contribution < -0.4 is 5.32 Å². The van der Waals surface area contributed by atoms with E-state index in [-0.39, 0.29) is 35.3 Å². The van der Waals surface area contributed by atoms with Crippen molar-refractivity contribution >= 4 is 41.7 Å². The van der Waals surface area contributed by atoms with Crippen molar-refractivity contribution in [3.63, 3.8) is 0 Å². The first-order valence-electron chi connectivity index (χ1n) is 6.25. The zero-order chi connectivity index (χ0) is 14.7. The highest BCUT2D eigenvalue weighted by molar-refractivity contribution is 6.28. The third-order valence-corrected chi connectivity index (χ3v) is 3.38. The summed E-state index contributed by atoms with van der Waals surface area (Å²) < 4.78 is 0. The lowest BCUT2D eigenvalue weighted by Crippen LogP contribution is -2.41. The van der Waals surface area contributed by atoms with E-state index in [1.807, 2.05) is 0 Å². The van der Waals surface area contributed by atoms with Gasteiger partial charge >= 0.3 is 5.97 Å². The van der Waals surface area contributed by atoms with E-state index in [1.165, 1.54) is 6.07 Å². The Kier molecular flexibility index (Phi) is 6.17. The maximum absolute atomic E-state index is 11.2. The monoisotopic (exact) mass is 334 g/mol. The molecule has 21 heavy (non-hydrogen) atoms. The maximum Gasteiger partial charge on any atom is 0.354 e. The first kappa shape index (κ1) is 17.5. The van der Waals surface area contributed by atoms with E-state index in [2.05, 4.69) is 15.3 Å². The van der Waals surface area contributed by atoms with Crippen LogP contribution in [-0.4, -0.2) is 51.0 Å². The Bertz CT molecular complexity index is 533. The molecule has 1 amide bonds. The minimum absolute atomic E-state index is 0. The Morgan fingerprint density at radius 3 is 2.52 bits per heavy atom. The fourth-order valence-corrected chi connectivity index (χ4v) is 2.33. The molecule has 1 aliphatic rings. The molecule has 2 heterocycles. The van der Waals surface area contributed by atoms with Gasteiger partial charge in [-0.25, -0.2) is 14.8 Å². The fraction of sp³-hybridized carbons (Fsp3) is 0.500. The molecule has 7 nitrogen and oxygen atoms in total. The van der Waals surface area contributed by atoms with Crippen LogP contribution in [-0.2, 0) is 4.79 Å². The molecular formula is C12H16Cl2N4O3. The molecule has 0 aliphatic carbocycles. The van der Waals surface area contributed by atoms with Crippen molar-refractivity contribution in [2.24, 2.45) is 0 Å². The smallest absolute Gasteiger partial charge is 0.354 e. The molecule has 0 spiro atoms. The standard InChI is InChI=1S/C12H15ClN4O3.ClH/c1-7(18)17-4-2-8(3-5-17)14-10-6-9(11(19)20)15-12(13)16-10;/h6,8H,2-5H2,1H3,(H,19,20)(H,14,15,16);1H. The molecule has 0 atom stereocenters. The number of carbonyl (C=O) groups is 2. The predicted octanol–water partition coefficient (Wildman–Crippen LogP) is 1.67. The number of carboxylic acid groups (broad SMARTS) is 1. The molecule has 1 saturated heterocycles. The molecular weight excluding hydrogens is 319 g/mol. The van der Waals surface area contributed by atoms with Crippen LogP contribution in [0.3, 0.4) is 0 Å². The predicted molar refractivity (Wildman–Crippen MR) is 80.1 cm³/mol. The molecule has 116 valence electrons. The average molecular weight is 335 g/mol. The fourth-order valence-electron chi connectivity index (χ4n) is 2.15. The highest BCUT2D eigenvalue weighted by Crippen LogP contribution is 2.17.